The molecule has 96 valence electrons. The maximum atomic E-state index is 11.6. The lowest BCUT2D eigenvalue weighted by Gasteiger charge is -2.06. The van der Waals surface area contributed by atoms with E-state index in [0.717, 1.165) is 0 Å². The number of fused-ring (bicyclic) bond motifs is 1. The average molecular weight is 251 g/mol. The molecule has 0 aliphatic rings. The number of aromatic nitrogens is 1. The van der Waals surface area contributed by atoms with Crippen LogP contribution in [0.2, 0.25) is 0 Å². The van der Waals surface area contributed by atoms with Crippen molar-refractivity contribution in [3.8, 4) is 0 Å². The number of furan rings is 1. The van der Waals surface area contributed by atoms with E-state index >= 15 is 0 Å². The van der Waals surface area contributed by atoms with Crippen LogP contribution in [0.15, 0.2) is 22.8 Å². The van der Waals surface area contributed by atoms with Gasteiger partial charge in [0.2, 0.25) is 6.79 Å². The van der Waals surface area contributed by atoms with Gasteiger partial charge in [-0.3, -0.25) is 4.79 Å². The molecule has 0 fully saturated rings. The Kier molecular flexibility index (Phi) is 3.36. The Morgan fingerprint density at radius 1 is 1.39 bits per heavy atom. The third kappa shape index (κ3) is 2.53. The number of carbonyl (C=O) groups is 2. The molecule has 2 heterocycles. The van der Waals surface area contributed by atoms with Gasteiger partial charge in [0.15, 0.2) is 5.58 Å². The molecule has 2 rings (SSSR count). The highest BCUT2D eigenvalue weighted by molar-refractivity contribution is 5.93. The highest BCUT2D eigenvalue weighted by atomic mass is 16.7. The lowest BCUT2D eigenvalue weighted by atomic mass is 10.2. The minimum Gasteiger partial charge on any atom is -0.463 e. The fraction of sp³-hybridized carbons (Fsp3) is 0.333. The smallest absolute Gasteiger partial charge is 0.357 e. The summed E-state index contributed by atoms with van der Waals surface area (Å²) in [6.07, 6.45) is 1.51. The topological polar surface area (TPSA) is 81.5 Å². The van der Waals surface area contributed by atoms with Gasteiger partial charge in [-0.2, -0.15) is 0 Å². The molecule has 0 unspecified atom stereocenters. The summed E-state index contributed by atoms with van der Waals surface area (Å²) in [5.74, 6) is -1.27. The molecule has 6 nitrogen and oxygen atoms in total. The summed E-state index contributed by atoms with van der Waals surface area (Å²) in [6.45, 7) is 3.00. The van der Waals surface area contributed by atoms with Crippen molar-refractivity contribution in [2.24, 2.45) is 5.92 Å². The van der Waals surface area contributed by atoms with Crippen LogP contribution >= 0.6 is 0 Å². The number of hydrogen-bond acceptors (Lipinski definition) is 5. The van der Waals surface area contributed by atoms with E-state index in [2.05, 4.69) is 4.98 Å². The van der Waals surface area contributed by atoms with Crippen LogP contribution in [-0.2, 0) is 14.3 Å². The molecular weight excluding hydrogens is 238 g/mol. The molecule has 0 saturated heterocycles. The van der Waals surface area contributed by atoms with Crippen molar-refractivity contribution in [2.75, 3.05) is 6.79 Å². The zero-order valence-corrected chi connectivity index (χ0v) is 10.1. The number of aromatic amines is 1. The van der Waals surface area contributed by atoms with Gasteiger partial charge in [0.1, 0.15) is 5.69 Å². The molecular formula is C12H13NO5. The first-order chi connectivity index (χ1) is 8.58. The molecule has 18 heavy (non-hydrogen) atoms. The van der Waals surface area contributed by atoms with Gasteiger partial charge in [-0.15, -0.1) is 0 Å². The van der Waals surface area contributed by atoms with Crippen molar-refractivity contribution < 1.29 is 23.5 Å². The van der Waals surface area contributed by atoms with E-state index in [1.165, 1.54) is 12.3 Å². The Labute approximate surface area is 103 Å². The fourth-order valence-electron chi connectivity index (χ4n) is 1.34. The second kappa shape index (κ2) is 4.95. The van der Waals surface area contributed by atoms with Crippen molar-refractivity contribution in [3.05, 3.63) is 24.1 Å². The SMILES string of the molecule is CC(C)C(=O)OCOC(=O)c1cc2occc2[nH]1. The summed E-state index contributed by atoms with van der Waals surface area (Å²) in [5.41, 5.74) is 1.53. The highest BCUT2D eigenvalue weighted by Crippen LogP contribution is 2.16. The maximum absolute atomic E-state index is 11.6. The highest BCUT2D eigenvalue weighted by Gasteiger charge is 2.14. The predicted molar refractivity (Wildman–Crippen MR) is 61.8 cm³/mol. The van der Waals surface area contributed by atoms with Crippen molar-refractivity contribution in [3.63, 3.8) is 0 Å². The van der Waals surface area contributed by atoms with Gasteiger partial charge in [0.05, 0.1) is 17.7 Å². The van der Waals surface area contributed by atoms with Crippen LogP contribution in [0.4, 0.5) is 0 Å². The standard InChI is InChI=1S/C12H13NO5/c1-7(2)11(14)17-6-18-12(15)9-5-10-8(13-9)3-4-16-10/h3-5,7,13H,6H2,1-2H3. The van der Waals surface area contributed by atoms with Crippen LogP contribution in [-0.4, -0.2) is 23.7 Å². The lowest BCUT2D eigenvalue weighted by molar-refractivity contribution is -0.155. The summed E-state index contributed by atoms with van der Waals surface area (Å²) in [7, 11) is 0. The summed E-state index contributed by atoms with van der Waals surface area (Å²) in [6, 6.07) is 3.23. The number of hydrogen-bond donors (Lipinski definition) is 1. The number of ether oxygens (including phenoxy) is 2. The zero-order valence-electron chi connectivity index (χ0n) is 10.1. The van der Waals surface area contributed by atoms with Crippen LogP contribution < -0.4 is 0 Å². The molecule has 2 aromatic heterocycles. The molecule has 0 aliphatic carbocycles. The Morgan fingerprint density at radius 3 is 2.83 bits per heavy atom. The summed E-state index contributed by atoms with van der Waals surface area (Å²) in [5, 5.41) is 0. The third-order valence-electron chi connectivity index (χ3n) is 2.32. The number of carbonyl (C=O) groups excluding carboxylic acids is 2. The number of H-pyrrole nitrogens is 1. The zero-order chi connectivity index (χ0) is 13.1. The van der Waals surface area contributed by atoms with E-state index in [0.29, 0.717) is 11.1 Å². The molecule has 0 saturated carbocycles. The number of esters is 2. The summed E-state index contributed by atoms with van der Waals surface area (Å²) >= 11 is 0. The van der Waals surface area contributed by atoms with E-state index in [9.17, 15) is 9.59 Å². The van der Waals surface area contributed by atoms with E-state index in [-0.39, 0.29) is 11.6 Å². The molecule has 0 atom stereocenters. The van der Waals surface area contributed by atoms with Crippen molar-refractivity contribution >= 4 is 23.0 Å². The third-order valence-corrected chi connectivity index (χ3v) is 2.32. The first kappa shape index (κ1) is 12.2. The molecule has 0 bridgehead atoms. The molecule has 2 aromatic rings. The van der Waals surface area contributed by atoms with E-state index in [1.54, 1.807) is 19.9 Å². The van der Waals surface area contributed by atoms with Crippen LogP contribution in [0.1, 0.15) is 24.3 Å². The van der Waals surface area contributed by atoms with Gasteiger partial charge in [-0.1, -0.05) is 13.8 Å². The van der Waals surface area contributed by atoms with E-state index < -0.39 is 18.7 Å². The first-order valence-corrected chi connectivity index (χ1v) is 5.48. The minimum atomic E-state index is -0.599. The Balaban J connectivity index is 1.88. The van der Waals surface area contributed by atoms with Gasteiger partial charge in [0, 0.05) is 12.1 Å². The quantitative estimate of drug-likeness (QED) is 0.664. The van der Waals surface area contributed by atoms with Crippen LogP contribution in [0.25, 0.3) is 11.1 Å². The van der Waals surface area contributed by atoms with E-state index in [1.807, 2.05) is 0 Å². The Hall–Kier alpha value is -2.24. The number of rotatable bonds is 4. The lowest BCUT2D eigenvalue weighted by Crippen LogP contribution is -2.16. The molecule has 0 amide bonds. The molecule has 0 radical (unpaired) electrons. The molecule has 0 spiro atoms. The van der Waals surface area contributed by atoms with Gasteiger partial charge in [-0.25, -0.2) is 4.79 Å². The minimum absolute atomic E-state index is 0.253. The van der Waals surface area contributed by atoms with Crippen LogP contribution in [0.5, 0.6) is 0 Å². The predicted octanol–water partition coefficient (Wildman–Crippen LogP) is 2.07. The first-order valence-electron chi connectivity index (χ1n) is 5.48. The van der Waals surface area contributed by atoms with Gasteiger partial charge >= 0.3 is 11.9 Å². The van der Waals surface area contributed by atoms with Gasteiger partial charge in [-0.05, 0) is 0 Å². The van der Waals surface area contributed by atoms with Crippen molar-refractivity contribution in [1.82, 2.24) is 4.98 Å². The van der Waals surface area contributed by atoms with Crippen LogP contribution in [0.3, 0.4) is 0 Å². The molecule has 0 aromatic carbocycles. The fourth-order valence-corrected chi connectivity index (χ4v) is 1.34. The molecule has 0 aliphatic heterocycles. The Morgan fingerprint density at radius 2 is 2.17 bits per heavy atom. The monoisotopic (exact) mass is 251 g/mol. The van der Waals surface area contributed by atoms with Crippen LogP contribution in [0, 0.1) is 5.92 Å². The van der Waals surface area contributed by atoms with Crippen molar-refractivity contribution in [2.45, 2.75) is 13.8 Å². The average Bonchev–Trinajstić information content (AvgIpc) is 2.88. The van der Waals surface area contributed by atoms with Gasteiger partial charge < -0.3 is 18.9 Å². The maximum Gasteiger partial charge on any atom is 0.357 e. The summed E-state index contributed by atoms with van der Waals surface area (Å²) in [4.78, 5) is 25.5. The number of nitrogens with one attached hydrogen (secondary N) is 1. The summed E-state index contributed by atoms with van der Waals surface area (Å²) < 4.78 is 14.6. The van der Waals surface area contributed by atoms with E-state index in [4.69, 9.17) is 13.9 Å². The Bertz CT molecular complexity index is 537. The second-order valence-electron chi connectivity index (χ2n) is 4.05. The molecule has 1 N–H and O–H groups in total. The molecule has 6 heteroatoms. The van der Waals surface area contributed by atoms with Gasteiger partial charge in [0.25, 0.3) is 0 Å². The second-order valence-corrected chi connectivity index (χ2v) is 4.05. The van der Waals surface area contributed by atoms with Crippen molar-refractivity contribution in [1.29, 1.82) is 0 Å². The largest absolute Gasteiger partial charge is 0.463 e. The normalized spacial score (nSPS) is 10.8.